The molecule has 0 spiro atoms. The average Bonchev–Trinajstić information content (AvgIpc) is 2.73. The molecular weight excluding hydrogens is 365 g/mol. The average molecular weight is 383 g/mol. The summed E-state index contributed by atoms with van der Waals surface area (Å²) in [5.41, 5.74) is 0.722. The van der Waals surface area contributed by atoms with Gasteiger partial charge in [-0.1, -0.05) is 0 Å². The maximum Gasteiger partial charge on any atom is 0.274 e. The molecule has 8 heteroatoms. The number of pyridine rings is 2. The lowest BCUT2D eigenvalue weighted by Gasteiger charge is -2.22. The van der Waals surface area contributed by atoms with Crippen molar-refractivity contribution in [3.63, 3.8) is 0 Å². The fourth-order valence-electron chi connectivity index (χ4n) is 2.85. The molecule has 4 rings (SSSR count). The zero-order chi connectivity index (χ0) is 19.3. The van der Waals surface area contributed by atoms with Crippen molar-refractivity contribution >= 4 is 22.4 Å². The zero-order valence-corrected chi connectivity index (χ0v) is 14.9. The van der Waals surface area contributed by atoms with Crippen molar-refractivity contribution in [2.75, 3.05) is 31.7 Å². The number of amides is 1. The van der Waals surface area contributed by atoms with Crippen LogP contribution in [0.3, 0.4) is 0 Å². The lowest BCUT2D eigenvalue weighted by molar-refractivity contribution is -0.101. The molecule has 3 aromatic rings. The standard InChI is InChI=1S/C20H18FN3O4/c21-14-1-4-18(23-10-14)19(25)24-15-2-3-17-13(9-15)5-6-22-20(17)28-12-16-11-26-7-8-27-16/h1-6,9-10,16H,7-8,11-12H2,(H,24,25). The van der Waals surface area contributed by atoms with E-state index in [-0.39, 0.29) is 11.8 Å². The Morgan fingerprint density at radius 2 is 2.14 bits per heavy atom. The van der Waals surface area contributed by atoms with Gasteiger partial charge >= 0.3 is 0 Å². The Morgan fingerprint density at radius 1 is 1.21 bits per heavy atom. The number of rotatable bonds is 5. The Kier molecular flexibility index (Phi) is 5.41. The lowest BCUT2D eigenvalue weighted by Crippen LogP contribution is -2.33. The van der Waals surface area contributed by atoms with E-state index in [1.807, 2.05) is 18.2 Å². The normalized spacial score (nSPS) is 16.7. The molecule has 1 aliphatic heterocycles. The minimum atomic E-state index is -0.493. The van der Waals surface area contributed by atoms with Crippen molar-refractivity contribution in [2.24, 2.45) is 0 Å². The van der Waals surface area contributed by atoms with E-state index in [1.54, 1.807) is 12.3 Å². The number of hydrogen-bond donors (Lipinski definition) is 1. The van der Waals surface area contributed by atoms with Gasteiger partial charge in [-0.05, 0) is 41.8 Å². The molecule has 7 nitrogen and oxygen atoms in total. The van der Waals surface area contributed by atoms with E-state index < -0.39 is 11.7 Å². The second kappa shape index (κ2) is 8.28. The Labute approximate surface area is 160 Å². The predicted molar refractivity (Wildman–Crippen MR) is 99.9 cm³/mol. The van der Waals surface area contributed by atoms with E-state index in [2.05, 4.69) is 15.3 Å². The highest BCUT2D eigenvalue weighted by Crippen LogP contribution is 2.26. The number of anilines is 1. The Hall–Kier alpha value is -3.10. The third-order valence-electron chi connectivity index (χ3n) is 4.24. The maximum atomic E-state index is 12.9. The number of benzene rings is 1. The number of nitrogens with zero attached hydrogens (tertiary/aromatic N) is 2. The minimum absolute atomic E-state index is 0.118. The van der Waals surface area contributed by atoms with Crippen LogP contribution >= 0.6 is 0 Å². The topological polar surface area (TPSA) is 82.6 Å². The van der Waals surface area contributed by atoms with Crippen LogP contribution in [0.2, 0.25) is 0 Å². The number of aromatic nitrogens is 2. The third kappa shape index (κ3) is 4.24. The van der Waals surface area contributed by atoms with Crippen molar-refractivity contribution in [2.45, 2.75) is 6.10 Å². The van der Waals surface area contributed by atoms with E-state index in [0.717, 1.165) is 17.0 Å². The van der Waals surface area contributed by atoms with Crippen LogP contribution in [0.4, 0.5) is 10.1 Å². The van der Waals surface area contributed by atoms with Gasteiger partial charge in [0.15, 0.2) is 0 Å². The Bertz CT molecular complexity index is 975. The van der Waals surface area contributed by atoms with Gasteiger partial charge in [0.1, 0.15) is 24.2 Å². The number of halogens is 1. The van der Waals surface area contributed by atoms with Crippen LogP contribution in [0.1, 0.15) is 10.5 Å². The van der Waals surface area contributed by atoms with Gasteiger partial charge in [0.05, 0.1) is 26.0 Å². The van der Waals surface area contributed by atoms with Crippen molar-refractivity contribution in [1.82, 2.24) is 9.97 Å². The number of carbonyl (C=O) groups excluding carboxylic acids is 1. The molecule has 0 radical (unpaired) electrons. The first-order valence-electron chi connectivity index (χ1n) is 8.83. The summed E-state index contributed by atoms with van der Waals surface area (Å²) in [4.78, 5) is 20.3. The molecule has 0 saturated carbocycles. The number of hydrogen-bond acceptors (Lipinski definition) is 6. The van der Waals surface area contributed by atoms with Crippen LogP contribution < -0.4 is 10.1 Å². The monoisotopic (exact) mass is 383 g/mol. The molecule has 1 unspecified atom stereocenters. The quantitative estimate of drug-likeness (QED) is 0.730. The molecule has 28 heavy (non-hydrogen) atoms. The first kappa shape index (κ1) is 18.3. The van der Waals surface area contributed by atoms with Gasteiger partial charge in [-0.25, -0.2) is 14.4 Å². The van der Waals surface area contributed by atoms with Crippen LogP contribution in [-0.4, -0.2) is 48.4 Å². The summed E-state index contributed by atoms with van der Waals surface area (Å²) < 4.78 is 29.7. The maximum absolute atomic E-state index is 12.9. The van der Waals surface area contributed by atoms with Crippen LogP contribution in [0.25, 0.3) is 10.8 Å². The molecular formula is C20H18FN3O4. The molecule has 1 aliphatic rings. The highest BCUT2D eigenvalue weighted by Gasteiger charge is 2.16. The van der Waals surface area contributed by atoms with Crippen molar-refractivity contribution in [1.29, 1.82) is 0 Å². The molecule has 1 saturated heterocycles. The molecule has 0 aliphatic carbocycles. The lowest BCUT2D eigenvalue weighted by atomic mass is 10.1. The minimum Gasteiger partial charge on any atom is -0.474 e. The number of nitrogens with one attached hydrogen (secondary N) is 1. The molecule has 1 fully saturated rings. The second-order valence-electron chi connectivity index (χ2n) is 6.25. The van der Waals surface area contributed by atoms with E-state index in [4.69, 9.17) is 14.2 Å². The zero-order valence-electron chi connectivity index (χ0n) is 14.9. The van der Waals surface area contributed by atoms with Gasteiger partial charge in [0.2, 0.25) is 5.88 Å². The van der Waals surface area contributed by atoms with Crippen LogP contribution in [0.5, 0.6) is 5.88 Å². The number of carbonyl (C=O) groups is 1. The van der Waals surface area contributed by atoms with Gasteiger partial charge < -0.3 is 19.5 Å². The van der Waals surface area contributed by atoms with E-state index in [9.17, 15) is 9.18 Å². The molecule has 1 atom stereocenters. The van der Waals surface area contributed by atoms with E-state index >= 15 is 0 Å². The van der Waals surface area contributed by atoms with Crippen LogP contribution in [-0.2, 0) is 9.47 Å². The molecule has 0 bridgehead atoms. The SMILES string of the molecule is O=C(Nc1ccc2c(OCC3COCCO3)nccc2c1)c1ccc(F)cn1. The van der Waals surface area contributed by atoms with Crippen LogP contribution in [0, 0.1) is 5.82 Å². The van der Waals surface area contributed by atoms with Gasteiger partial charge in [0.25, 0.3) is 5.91 Å². The Balaban J connectivity index is 1.48. The highest BCUT2D eigenvalue weighted by molar-refractivity contribution is 6.04. The Morgan fingerprint density at radius 3 is 2.93 bits per heavy atom. The molecule has 3 heterocycles. The highest BCUT2D eigenvalue weighted by atomic mass is 19.1. The third-order valence-corrected chi connectivity index (χ3v) is 4.24. The summed E-state index contributed by atoms with van der Waals surface area (Å²) in [6.07, 6.45) is 2.53. The summed E-state index contributed by atoms with van der Waals surface area (Å²) >= 11 is 0. The van der Waals surface area contributed by atoms with Crippen molar-refractivity contribution < 1.29 is 23.4 Å². The van der Waals surface area contributed by atoms with Gasteiger partial charge in [-0.2, -0.15) is 0 Å². The summed E-state index contributed by atoms with van der Waals surface area (Å²) in [6, 6.07) is 9.74. The molecule has 1 aromatic carbocycles. The van der Waals surface area contributed by atoms with E-state index in [0.29, 0.717) is 38.0 Å². The summed E-state index contributed by atoms with van der Waals surface area (Å²) in [6.45, 7) is 2.01. The molecule has 144 valence electrons. The van der Waals surface area contributed by atoms with Crippen molar-refractivity contribution in [3.05, 3.63) is 60.3 Å². The van der Waals surface area contributed by atoms with Gasteiger partial charge in [0, 0.05) is 17.3 Å². The molecule has 2 aromatic heterocycles. The first-order valence-corrected chi connectivity index (χ1v) is 8.83. The smallest absolute Gasteiger partial charge is 0.274 e. The fourth-order valence-corrected chi connectivity index (χ4v) is 2.85. The predicted octanol–water partition coefficient (Wildman–Crippen LogP) is 2.82. The van der Waals surface area contributed by atoms with Gasteiger partial charge in [-0.15, -0.1) is 0 Å². The molecule has 1 amide bonds. The largest absolute Gasteiger partial charge is 0.474 e. The van der Waals surface area contributed by atoms with E-state index in [1.165, 1.54) is 12.1 Å². The van der Waals surface area contributed by atoms with Crippen molar-refractivity contribution in [3.8, 4) is 5.88 Å². The number of fused-ring (bicyclic) bond motifs is 1. The second-order valence-corrected chi connectivity index (χ2v) is 6.25. The summed E-state index contributed by atoms with van der Waals surface area (Å²) in [5.74, 6) is -0.420. The summed E-state index contributed by atoms with van der Waals surface area (Å²) in [5, 5.41) is 4.43. The molecule has 1 N–H and O–H groups in total. The first-order chi connectivity index (χ1) is 13.7. The summed E-state index contributed by atoms with van der Waals surface area (Å²) in [7, 11) is 0. The fraction of sp³-hybridized carbons (Fsp3) is 0.250. The van der Waals surface area contributed by atoms with Gasteiger partial charge in [-0.3, -0.25) is 4.79 Å². The number of ether oxygens (including phenoxy) is 3. The van der Waals surface area contributed by atoms with Crippen LogP contribution in [0.15, 0.2) is 48.8 Å².